The van der Waals surface area contributed by atoms with Crippen LogP contribution in [0, 0.1) is 12.8 Å². The monoisotopic (exact) mass is 250 g/mol. The largest absolute Gasteiger partial charge is 0.378 e. The van der Waals surface area contributed by atoms with Gasteiger partial charge in [-0.1, -0.05) is 0 Å². The molecule has 0 aromatic carbocycles. The van der Waals surface area contributed by atoms with Crippen LogP contribution in [0.15, 0.2) is 6.07 Å². The Hall–Kier alpha value is -1.20. The SMILES string of the molecule is COCc1cc(NCC2CCNCC2)nc(C)n1. The predicted octanol–water partition coefficient (Wildman–Crippen LogP) is 1.34. The van der Waals surface area contributed by atoms with Gasteiger partial charge in [0.1, 0.15) is 11.6 Å². The van der Waals surface area contributed by atoms with Crippen molar-refractivity contribution >= 4 is 5.82 Å². The first kappa shape index (κ1) is 13.2. The molecular formula is C13H22N4O. The quantitative estimate of drug-likeness (QED) is 0.826. The molecule has 0 unspecified atom stereocenters. The first-order valence-corrected chi connectivity index (χ1v) is 6.56. The van der Waals surface area contributed by atoms with Gasteiger partial charge >= 0.3 is 0 Å². The average molecular weight is 250 g/mol. The van der Waals surface area contributed by atoms with Gasteiger partial charge < -0.3 is 15.4 Å². The highest BCUT2D eigenvalue weighted by atomic mass is 16.5. The lowest BCUT2D eigenvalue weighted by Crippen LogP contribution is -2.31. The van der Waals surface area contributed by atoms with Crippen molar-refractivity contribution in [1.29, 1.82) is 0 Å². The molecule has 0 amide bonds. The molecule has 1 fully saturated rings. The normalized spacial score (nSPS) is 16.8. The van der Waals surface area contributed by atoms with E-state index in [1.54, 1.807) is 7.11 Å². The minimum absolute atomic E-state index is 0.533. The molecule has 2 N–H and O–H groups in total. The first-order valence-electron chi connectivity index (χ1n) is 6.56. The molecule has 0 bridgehead atoms. The van der Waals surface area contributed by atoms with Gasteiger partial charge in [0.2, 0.25) is 0 Å². The van der Waals surface area contributed by atoms with E-state index in [1.807, 2.05) is 13.0 Å². The summed E-state index contributed by atoms with van der Waals surface area (Å²) in [5, 5.41) is 6.80. The standard InChI is InChI=1S/C13H22N4O/c1-10-16-12(9-18-2)7-13(17-10)15-8-11-3-5-14-6-4-11/h7,11,14H,3-6,8-9H2,1-2H3,(H,15,16,17). The summed E-state index contributed by atoms with van der Waals surface area (Å²) < 4.78 is 5.11. The van der Waals surface area contributed by atoms with Gasteiger partial charge in [-0.15, -0.1) is 0 Å². The van der Waals surface area contributed by atoms with Crippen molar-refractivity contribution in [2.75, 3.05) is 32.1 Å². The summed E-state index contributed by atoms with van der Waals surface area (Å²) in [6.45, 7) is 5.69. The lowest BCUT2D eigenvalue weighted by atomic mass is 9.98. The van der Waals surface area contributed by atoms with E-state index in [-0.39, 0.29) is 0 Å². The molecule has 0 aliphatic carbocycles. The van der Waals surface area contributed by atoms with Crippen molar-refractivity contribution in [3.63, 3.8) is 0 Å². The number of piperidine rings is 1. The number of anilines is 1. The highest BCUT2D eigenvalue weighted by Gasteiger charge is 2.12. The zero-order valence-corrected chi connectivity index (χ0v) is 11.2. The minimum Gasteiger partial charge on any atom is -0.378 e. The fraction of sp³-hybridized carbons (Fsp3) is 0.692. The summed E-state index contributed by atoms with van der Waals surface area (Å²) >= 11 is 0. The van der Waals surface area contributed by atoms with Gasteiger partial charge in [0.05, 0.1) is 12.3 Å². The van der Waals surface area contributed by atoms with Gasteiger partial charge in [0.25, 0.3) is 0 Å². The molecule has 5 nitrogen and oxygen atoms in total. The second-order valence-corrected chi connectivity index (χ2v) is 4.80. The summed E-state index contributed by atoms with van der Waals surface area (Å²) in [4.78, 5) is 8.74. The van der Waals surface area contributed by atoms with Gasteiger partial charge in [0.15, 0.2) is 0 Å². The van der Waals surface area contributed by atoms with Crippen LogP contribution in [0.5, 0.6) is 0 Å². The fourth-order valence-electron chi connectivity index (χ4n) is 2.28. The molecule has 0 spiro atoms. The van der Waals surface area contributed by atoms with E-state index in [2.05, 4.69) is 20.6 Å². The first-order chi connectivity index (χ1) is 8.78. The molecule has 0 saturated carbocycles. The molecular weight excluding hydrogens is 228 g/mol. The van der Waals surface area contributed by atoms with Crippen LogP contribution in [-0.4, -0.2) is 36.7 Å². The molecule has 0 radical (unpaired) electrons. The van der Waals surface area contributed by atoms with Crippen LogP contribution in [0.25, 0.3) is 0 Å². The van der Waals surface area contributed by atoms with Crippen molar-refractivity contribution in [3.8, 4) is 0 Å². The number of methoxy groups -OCH3 is 1. The average Bonchev–Trinajstić information content (AvgIpc) is 2.37. The maximum Gasteiger partial charge on any atom is 0.130 e. The number of aryl methyl sites for hydroxylation is 1. The number of aromatic nitrogens is 2. The third kappa shape index (κ3) is 3.92. The zero-order valence-electron chi connectivity index (χ0n) is 11.2. The van der Waals surface area contributed by atoms with Gasteiger partial charge in [0, 0.05) is 19.7 Å². The van der Waals surface area contributed by atoms with Crippen molar-refractivity contribution < 1.29 is 4.74 Å². The topological polar surface area (TPSA) is 59.1 Å². The van der Waals surface area contributed by atoms with Gasteiger partial charge in [-0.3, -0.25) is 0 Å². The lowest BCUT2D eigenvalue weighted by molar-refractivity contribution is 0.181. The van der Waals surface area contributed by atoms with Crippen molar-refractivity contribution in [2.45, 2.75) is 26.4 Å². The Morgan fingerprint density at radius 3 is 2.89 bits per heavy atom. The Labute approximate surface area is 108 Å². The van der Waals surface area contributed by atoms with Gasteiger partial charge in [-0.2, -0.15) is 0 Å². The minimum atomic E-state index is 0.533. The van der Waals surface area contributed by atoms with E-state index in [0.717, 1.165) is 42.9 Å². The second kappa shape index (κ2) is 6.66. The van der Waals surface area contributed by atoms with Gasteiger partial charge in [-0.05, 0) is 38.8 Å². The highest BCUT2D eigenvalue weighted by Crippen LogP contribution is 2.13. The van der Waals surface area contributed by atoms with Crippen LogP contribution in [0.3, 0.4) is 0 Å². The molecule has 1 aromatic rings. The van der Waals surface area contributed by atoms with E-state index >= 15 is 0 Å². The van der Waals surface area contributed by atoms with E-state index in [1.165, 1.54) is 12.8 Å². The van der Waals surface area contributed by atoms with Crippen LogP contribution in [0.1, 0.15) is 24.4 Å². The molecule has 1 saturated heterocycles. The number of nitrogens with zero attached hydrogens (tertiary/aromatic N) is 2. The lowest BCUT2D eigenvalue weighted by Gasteiger charge is -2.23. The summed E-state index contributed by atoms with van der Waals surface area (Å²) in [7, 11) is 1.68. The molecule has 18 heavy (non-hydrogen) atoms. The van der Waals surface area contributed by atoms with Crippen molar-refractivity contribution in [1.82, 2.24) is 15.3 Å². The van der Waals surface area contributed by atoms with Crippen LogP contribution >= 0.6 is 0 Å². The Balaban J connectivity index is 1.91. The molecule has 0 atom stereocenters. The predicted molar refractivity (Wildman–Crippen MR) is 71.6 cm³/mol. The molecule has 1 aliphatic heterocycles. The third-order valence-electron chi connectivity index (χ3n) is 3.21. The summed E-state index contributed by atoms with van der Waals surface area (Å²) in [6.07, 6.45) is 2.48. The van der Waals surface area contributed by atoms with Crippen molar-refractivity contribution in [3.05, 3.63) is 17.6 Å². The third-order valence-corrected chi connectivity index (χ3v) is 3.21. The van der Waals surface area contributed by atoms with E-state index < -0.39 is 0 Å². The smallest absolute Gasteiger partial charge is 0.130 e. The van der Waals surface area contributed by atoms with Crippen LogP contribution in [0.4, 0.5) is 5.82 Å². The van der Waals surface area contributed by atoms with E-state index in [4.69, 9.17) is 4.74 Å². The maximum atomic E-state index is 5.11. The summed E-state index contributed by atoms with van der Waals surface area (Å²) in [6, 6.07) is 1.97. The Morgan fingerprint density at radius 2 is 2.17 bits per heavy atom. The molecule has 100 valence electrons. The molecule has 5 heteroatoms. The maximum absolute atomic E-state index is 5.11. The Kier molecular flexibility index (Phi) is 4.90. The number of rotatable bonds is 5. The number of nitrogens with one attached hydrogen (secondary N) is 2. The second-order valence-electron chi connectivity index (χ2n) is 4.80. The number of hydrogen-bond donors (Lipinski definition) is 2. The Bertz CT molecular complexity index is 377. The summed E-state index contributed by atoms with van der Waals surface area (Å²) in [5.41, 5.74) is 0.929. The van der Waals surface area contributed by atoms with Crippen LogP contribution in [-0.2, 0) is 11.3 Å². The Morgan fingerprint density at radius 1 is 1.39 bits per heavy atom. The molecule has 1 aromatic heterocycles. The fourth-order valence-corrected chi connectivity index (χ4v) is 2.28. The highest BCUT2D eigenvalue weighted by molar-refractivity contribution is 5.35. The van der Waals surface area contributed by atoms with E-state index in [0.29, 0.717) is 6.61 Å². The molecule has 2 heterocycles. The molecule has 1 aliphatic rings. The molecule has 2 rings (SSSR count). The van der Waals surface area contributed by atoms with Crippen LogP contribution in [0.2, 0.25) is 0 Å². The van der Waals surface area contributed by atoms with Crippen molar-refractivity contribution in [2.24, 2.45) is 5.92 Å². The van der Waals surface area contributed by atoms with Gasteiger partial charge in [-0.25, -0.2) is 9.97 Å². The zero-order chi connectivity index (χ0) is 12.8. The number of ether oxygens (including phenoxy) is 1. The van der Waals surface area contributed by atoms with E-state index in [9.17, 15) is 0 Å². The number of hydrogen-bond acceptors (Lipinski definition) is 5. The van der Waals surface area contributed by atoms with Crippen LogP contribution < -0.4 is 10.6 Å². The summed E-state index contributed by atoms with van der Waals surface area (Å²) in [5.74, 6) is 2.44.